The van der Waals surface area contributed by atoms with Gasteiger partial charge in [-0.15, -0.1) is 11.3 Å². The van der Waals surface area contributed by atoms with Gasteiger partial charge in [-0.2, -0.15) is 0 Å². The number of nitrogens with zero attached hydrogens (tertiary/aromatic N) is 1. The smallest absolute Gasteiger partial charge is 0.224 e. The van der Waals surface area contributed by atoms with Crippen molar-refractivity contribution in [3.8, 4) is 5.75 Å². The Labute approximate surface area is 122 Å². The molecule has 20 heavy (non-hydrogen) atoms. The largest absolute Gasteiger partial charge is 0.508 e. The van der Waals surface area contributed by atoms with Crippen molar-refractivity contribution in [1.82, 2.24) is 10.3 Å². The molecular formula is C15H18N2O2S. The molecule has 1 aromatic carbocycles. The molecule has 1 heterocycles. The third kappa shape index (κ3) is 3.81. The van der Waals surface area contributed by atoms with Gasteiger partial charge in [0.1, 0.15) is 10.8 Å². The standard InChI is InChI=1S/C15H18N2O2S/c1-3-13-9-16-15(20-13)10(2)17-14(19)8-11-5-4-6-12(18)7-11/h4-7,9-10,18H,3,8H2,1-2H3,(H,17,19). The number of amides is 1. The SMILES string of the molecule is CCc1cnc(C(C)NC(=O)Cc2cccc(O)c2)s1. The van der Waals surface area contributed by atoms with Crippen molar-refractivity contribution in [2.75, 3.05) is 0 Å². The molecule has 1 amide bonds. The molecule has 0 aliphatic heterocycles. The van der Waals surface area contributed by atoms with E-state index in [-0.39, 0.29) is 24.1 Å². The van der Waals surface area contributed by atoms with Gasteiger partial charge in [-0.25, -0.2) is 4.98 Å². The summed E-state index contributed by atoms with van der Waals surface area (Å²) < 4.78 is 0. The molecule has 0 fully saturated rings. The Kier molecular flexibility index (Phi) is 4.74. The van der Waals surface area contributed by atoms with Crippen LogP contribution in [-0.4, -0.2) is 16.0 Å². The maximum Gasteiger partial charge on any atom is 0.224 e. The Hall–Kier alpha value is -1.88. The third-order valence-corrected chi connectivity index (χ3v) is 4.27. The maximum atomic E-state index is 12.0. The van der Waals surface area contributed by atoms with Gasteiger partial charge in [0, 0.05) is 11.1 Å². The van der Waals surface area contributed by atoms with Crippen LogP contribution in [0.3, 0.4) is 0 Å². The number of carbonyl (C=O) groups excluding carboxylic acids is 1. The highest BCUT2D eigenvalue weighted by atomic mass is 32.1. The first-order valence-electron chi connectivity index (χ1n) is 6.60. The van der Waals surface area contributed by atoms with Gasteiger partial charge in [-0.3, -0.25) is 4.79 Å². The molecule has 106 valence electrons. The predicted octanol–water partition coefficient (Wildman–Crippen LogP) is 2.83. The van der Waals surface area contributed by atoms with Gasteiger partial charge in [0.05, 0.1) is 12.5 Å². The van der Waals surface area contributed by atoms with Crippen LogP contribution in [-0.2, 0) is 17.6 Å². The van der Waals surface area contributed by atoms with E-state index < -0.39 is 0 Å². The van der Waals surface area contributed by atoms with Gasteiger partial charge in [-0.1, -0.05) is 19.1 Å². The van der Waals surface area contributed by atoms with Crippen molar-refractivity contribution in [3.63, 3.8) is 0 Å². The minimum Gasteiger partial charge on any atom is -0.508 e. The summed E-state index contributed by atoms with van der Waals surface area (Å²) in [6.07, 6.45) is 3.07. The maximum absolute atomic E-state index is 12.0. The van der Waals surface area contributed by atoms with E-state index in [1.54, 1.807) is 29.5 Å². The second-order valence-electron chi connectivity index (χ2n) is 4.65. The normalized spacial score (nSPS) is 12.1. The van der Waals surface area contributed by atoms with Crippen molar-refractivity contribution in [2.45, 2.75) is 32.7 Å². The van der Waals surface area contributed by atoms with Gasteiger partial charge in [-0.05, 0) is 31.0 Å². The zero-order valence-electron chi connectivity index (χ0n) is 11.6. The fourth-order valence-electron chi connectivity index (χ4n) is 1.89. The number of phenols is 1. The molecule has 0 saturated heterocycles. The molecule has 0 aliphatic carbocycles. The lowest BCUT2D eigenvalue weighted by Gasteiger charge is -2.11. The summed E-state index contributed by atoms with van der Waals surface area (Å²) in [4.78, 5) is 17.5. The van der Waals surface area contributed by atoms with Crippen molar-refractivity contribution in [1.29, 1.82) is 0 Å². The van der Waals surface area contributed by atoms with E-state index in [2.05, 4.69) is 17.2 Å². The van der Waals surface area contributed by atoms with Gasteiger partial charge in [0.25, 0.3) is 0 Å². The Balaban J connectivity index is 1.94. The van der Waals surface area contributed by atoms with Crippen LogP contribution < -0.4 is 5.32 Å². The summed E-state index contributed by atoms with van der Waals surface area (Å²) >= 11 is 1.63. The van der Waals surface area contributed by atoms with Crippen LogP contribution in [0.4, 0.5) is 0 Å². The molecule has 0 spiro atoms. The molecule has 1 atom stereocenters. The number of aromatic nitrogens is 1. The van der Waals surface area contributed by atoms with Gasteiger partial charge >= 0.3 is 0 Å². The molecule has 4 nitrogen and oxygen atoms in total. The van der Waals surface area contributed by atoms with Gasteiger partial charge < -0.3 is 10.4 Å². The first-order valence-corrected chi connectivity index (χ1v) is 7.42. The highest BCUT2D eigenvalue weighted by Gasteiger charge is 2.13. The molecule has 0 radical (unpaired) electrons. The summed E-state index contributed by atoms with van der Waals surface area (Å²) in [5.74, 6) is 0.104. The number of benzene rings is 1. The quantitative estimate of drug-likeness (QED) is 0.890. The van der Waals surface area contributed by atoms with Crippen LogP contribution in [0, 0.1) is 0 Å². The monoisotopic (exact) mass is 290 g/mol. The fraction of sp³-hybridized carbons (Fsp3) is 0.333. The Morgan fingerprint density at radius 3 is 2.95 bits per heavy atom. The molecule has 0 aliphatic rings. The van der Waals surface area contributed by atoms with Crippen LogP contribution in [0.15, 0.2) is 30.5 Å². The molecule has 0 saturated carbocycles. The van der Waals surface area contributed by atoms with Gasteiger partial charge in [0.2, 0.25) is 5.91 Å². The number of hydrogen-bond donors (Lipinski definition) is 2. The van der Waals surface area contributed by atoms with Crippen molar-refractivity contribution in [2.24, 2.45) is 0 Å². The number of aryl methyl sites for hydroxylation is 1. The molecule has 2 rings (SSSR count). The summed E-state index contributed by atoms with van der Waals surface area (Å²) in [5.41, 5.74) is 0.795. The van der Waals surface area contributed by atoms with Gasteiger partial charge in [0.15, 0.2) is 0 Å². The molecule has 5 heteroatoms. The van der Waals surface area contributed by atoms with Crippen molar-refractivity contribution >= 4 is 17.2 Å². The average Bonchev–Trinajstić information content (AvgIpc) is 2.87. The van der Waals surface area contributed by atoms with Crippen LogP contribution in [0.1, 0.15) is 35.3 Å². The number of hydrogen-bond acceptors (Lipinski definition) is 4. The molecule has 2 aromatic rings. The number of phenolic OH excluding ortho intramolecular Hbond substituents is 1. The van der Waals surface area contributed by atoms with E-state index >= 15 is 0 Å². The first-order chi connectivity index (χ1) is 9.58. The number of rotatable bonds is 5. The number of carbonyl (C=O) groups is 1. The second-order valence-corrected chi connectivity index (χ2v) is 5.80. The third-order valence-electron chi connectivity index (χ3n) is 2.94. The number of thiazole rings is 1. The predicted molar refractivity (Wildman–Crippen MR) is 79.9 cm³/mol. The van der Waals surface area contributed by atoms with Crippen LogP contribution in [0.5, 0.6) is 5.75 Å². The summed E-state index contributed by atoms with van der Waals surface area (Å²) in [6, 6.07) is 6.65. The highest BCUT2D eigenvalue weighted by Crippen LogP contribution is 2.20. The molecule has 1 aromatic heterocycles. The average molecular weight is 290 g/mol. The first kappa shape index (κ1) is 14.5. The Morgan fingerprint density at radius 1 is 1.50 bits per heavy atom. The zero-order chi connectivity index (χ0) is 14.5. The highest BCUT2D eigenvalue weighted by molar-refractivity contribution is 7.11. The van der Waals surface area contributed by atoms with E-state index in [9.17, 15) is 9.90 Å². The lowest BCUT2D eigenvalue weighted by Crippen LogP contribution is -2.28. The van der Waals surface area contributed by atoms with Crippen molar-refractivity contribution in [3.05, 3.63) is 45.9 Å². The van der Waals surface area contributed by atoms with E-state index in [4.69, 9.17) is 0 Å². The van der Waals surface area contributed by atoms with Crippen LogP contribution in [0.25, 0.3) is 0 Å². The number of aromatic hydroxyl groups is 1. The summed E-state index contributed by atoms with van der Waals surface area (Å²) in [6.45, 7) is 4.01. The molecule has 2 N–H and O–H groups in total. The fourth-order valence-corrected chi connectivity index (χ4v) is 2.75. The molecular weight excluding hydrogens is 272 g/mol. The van der Waals surface area contributed by atoms with E-state index in [1.807, 2.05) is 19.2 Å². The summed E-state index contributed by atoms with van der Waals surface area (Å²) in [5, 5.41) is 13.2. The Morgan fingerprint density at radius 2 is 2.30 bits per heavy atom. The lowest BCUT2D eigenvalue weighted by atomic mass is 10.1. The Bertz CT molecular complexity index is 595. The van der Waals surface area contributed by atoms with E-state index in [1.165, 1.54) is 4.88 Å². The lowest BCUT2D eigenvalue weighted by molar-refractivity contribution is -0.121. The zero-order valence-corrected chi connectivity index (χ0v) is 12.4. The van der Waals surface area contributed by atoms with E-state index in [0.717, 1.165) is 17.0 Å². The molecule has 1 unspecified atom stereocenters. The molecule has 0 bridgehead atoms. The summed E-state index contributed by atoms with van der Waals surface area (Å²) in [7, 11) is 0. The van der Waals surface area contributed by atoms with E-state index in [0.29, 0.717) is 0 Å². The van der Waals surface area contributed by atoms with Crippen LogP contribution >= 0.6 is 11.3 Å². The minimum atomic E-state index is -0.0925. The second kappa shape index (κ2) is 6.52. The minimum absolute atomic E-state index is 0.0728. The number of nitrogens with one attached hydrogen (secondary N) is 1. The topological polar surface area (TPSA) is 62.2 Å². The van der Waals surface area contributed by atoms with Crippen molar-refractivity contribution < 1.29 is 9.90 Å². The van der Waals surface area contributed by atoms with Crippen LogP contribution in [0.2, 0.25) is 0 Å².